The number of benzene rings is 2. The van der Waals surface area contributed by atoms with Gasteiger partial charge in [0.1, 0.15) is 5.82 Å². The van der Waals surface area contributed by atoms with Gasteiger partial charge in [0.05, 0.1) is 17.9 Å². The molecule has 4 nitrogen and oxygen atoms in total. The summed E-state index contributed by atoms with van der Waals surface area (Å²) in [6.07, 6.45) is 0.672. The Hall–Kier alpha value is -2.40. The molecule has 0 unspecified atom stereocenters. The molecule has 0 aliphatic carbocycles. The topological polar surface area (TPSA) is 64.3 Å². The van der Waals surface area contributed by atoms with Gasteiger partial charge >= 0.3 is 0 Å². The molecule has 21 heavy (non-hydrogen) atoms. The minimum atomic E-state index is -0.602. The van der Waals surface area contributed by atoms with Crippen LogP contribution in [-0.2, 0) is 11.2 Å². The maximum atomic E-state index is 13.4. The van der Waals surface area contributed by atoms with Crippen molar-refractivity contribution >= 4 is 17.3 Å². The number of carbonyl (C=O) groups excluding carboxylic acids is 1. The molecule has 110 valence electrons. The van der Waals surface area contributed by atoms with Crippen molar-refractivity contribution in [1.82, 2.24) is 0 Å². The Morgan fingerprint density at radius 2 is 2.00 bits per heavy atom. The molecule has 0 spiro atoms. The lowest BCUT2D eigenvalue weighted by Crippen LogP contribution is -2.16. The van der Waals surface area contributed by atoms with Crippen LogP contribution in [0.2, 0.25) is 0 Å². The Morgan fingerprint density at radius 3 is 2.76 bits per heavy atom. The van der Waals surface area contributed by atoms with E-state index in [2.05, 4.69) is 5.32 Å². The molecule has 2 aromatic carbocycles. The molecule has 0 aromatic heterocycles. The zero-order valence-electron chi connectivity index (χ0n) is 11.7. The van der Waals surface area contributed by atoms with E-state index < -0.39 is 11.7 Å². The fourth-order valence-electron chi connectivity index (χ4n) is 2.00. The molecule has 0 aliphatic rings. The third-order valence-corrected chi connectivity index (χ3v) is 3.14. The van der Waals surface area contributed by atoms with Gasteiger partial charge in [0.25, 0.3) is 5.91 Å². The zero-order valence-corrected chi connectivity index (χ0v) is 11.7. The summed E-state index contributed by atoms with van der Waals surface area (Å²) in [6, 6.07) is 11.6. The minimum absolute atomic E-state index is 0.122. The molecule has 0 radical (unpaired) electrons. The number of carbonyl (C=O) groups is 1. The molecule has 1 amide bonds. The largest absolute Gasteiger partial charge is 0.396 e. The second kappa shape index (κ2) is 6.85. The lowest BCUT2D eigenvalue weighted by atomic mass is 10.1. The van der Waals surface area contributed by atoms with Crippen molar-refractivity contribution in [1.29, 1.82) is 0 Å². The summed E-state index contributed by atoms with van der Waals surface area (Å²) < 4.78 is 18.4. The van der Waals surface area contributed by atoms with Gasteiger partial charge in [-0.25, -0.2) is 4.39 Å². The molecule has 0 bridgehead atoms. The number of nitrogens with one attached hydrogen (secondary N) is 1. The van der Waals surface area contributed by atoms with Crippen LogP contribution in [0.5, 0.6) is 0 Å². The number of nitrogen functional groups attached to an aromatic ring is 1. The van der Waals surface area contributed by atoms with Crippen LogP contribution in [-0.4, -0.2) is 19.6 Å². The molecule has 0 atom stereocenters. The number of para-hydroxylation sites is 2. The van der Waals surface area contributed by atoms with Gasteiger partial charge in [0, 0.05) is 12.8 Å². The Labute approximate surface area is 122 Å². The van der Waals surface area contributed by atoms with Crippen molar-refractivity contribution in [3.8, 4) is 0 Å². The average molecular weight is 288 g/mol. The first kappa shape index (κ1) is 15.0. The fraction of sp³-hybridized carbons (Fsp3) is 0.188. The Balaban J connectivity index is 2.22. The number of nitrogens with two attached hydrogens (primary N) is 1. The van der Waals surface area contributed by atoms with E-state index in [4.69, 9.17) is 10.5 Å². The van der Waals surface area contributed by atoms with Crippen molar-refractivity contribution in [2.45, 2.75) is 6.42 Å². The molecule has 5 heteroatoms. The van der Waals surface area contributed by atoms with E-state index in [0.29, 0.717) is 18.7 Å². The van der Waals surface area contributed by atoms with E-state index in [0.717, 1.165) is 5.56 Å². The predicted molar refractivity (Wildman–Crippen MR) is 80.8 cm³/mol. The van der Waals surface area contributed by atoms with E-state index in [1.165, 1.54) is 18.2 Å². The summed E-state index contributed by atoms with van der Waals surface area (Å²) in [5.74, 6) is -1.04. The highest BCUT2D eigenvalue weighted by Gasteiger charge is 2.14. The van der Waals surface area contributed by atoms with E-state index in [9.17, 15) is 9.18 Å². The highest BCUT2D eigenvalue weighted by Crippen LogP contribution is 2.20. The van der Waals surface area contributed by atoms with E-state index in [-0.39, 0.29) is 11.3 Å². The summed E-state index contributed by atoms with van der Waals surface area (Å²) in [5, 5.41) is 2.76. The first-order chi connectivity index (χ1) is 10.1. The van der Waals surface area contributed by atoms with Gasteiger partial charge in [-0.05, 0) is 30.2 Å². The highest BCUT2D eigenvalue weighted by atomic mass is 19.1. The SMILES string of the molecule is COCCc1ccccc1NC(=O)c1cccc(F)c1N. The first-order valence-corrected chi connectivity index (χ1v) is 6.55. The van der Waals surface area contributed by atoms with Gasteiger partial charge in [-0.2, -0.15) is 0 Å². The van der Waals surface area contributed by atoms with Crippen LogP contribution in [0.15, 0.2) is 42.5 Å². The molecule has 2 aromatic rings. The molecule has 2 rings (SSSR count). The second-order valence-electron chi connectivity index (χ2n) is 4.56. The molecule has 0 heterocycles. The predicted octanol–water partition coefficient (Wildman–Crippen LogP) is 2.85. The number of ether oxygens (including phenoxy) is 1. The van der Waals surface area contributed by atoms with Crippen molar-refractivity contribution in [2.75, 3.05) is 24.8 Å². The maximum Gasteiger partial charge on any atom is 0.257 e. The van der Waals surface area contributed by atoms with Crippen molar-refractivity contribution < 1.29 is 13.9 Å². The van der Waals surface area contributed by atoms with Gasteiger partial charge in [0.2, 0.25) is 0 Å². The molecule has 0 aliphatic heterocycles. The number of hydrogen-bond acceptors (Lipinski definition) is 3. The molecule has 0 saturated carbocycles. The van der Waals surface area contributed by atoms with Crippen LogP contribution in [0.4, 0.5) is 15.8 Å². The second-order valence-corrected chi connectivity index (χ2v) is 4.56. The summed E-state index contributed by atoms with van der Waals surface area (Å²) in [7, 11) is 1.62. The van der Waals surface area contributed by atoms with E-state index in [1.807, 2.05) is 18.2 Å². The lowest BCUT2D eigenvalue weighted by Gasteiger charge is -2.12. The number of anilines is 2. The number of rotatable bonds is 5. The summed E-state index contributed by atoms with van der Waals surface area (Å²) >= 11 is 0. The van der Waals surface area contributed by atoms with Gasteiger partial charge in [0.15, 0.2) is 0 Å². The number of hydrogen-bond donors (Lipinski definition) is 2. The Morgan fingerprint density at radius 1 is 1.24 bits per heavy atom. The summed E-state index contributed by atoms with van der Waals surface area (Å²) in [5.41, 5.74) is 7.19. The molecular formula is C16H17FN2O2. The van der Waals surface area contributed by atoms with Crippen LogP contribution in [0.1, 0.15) is 15.9 Å². The standard InChI is InChI=1S/C16H17FN2O2/c1-21-10-9-11-5-2-3-8-14(11)19-16(20)12-6-4-7-13(17)15(12)18/h2-8H,9-10,18H2,1H3,(H,19,20). The number of halogens is 1. The van der Waals surface area contributed by atoms with Crippen LogP contribution >= 0.6 is 0 Å². The Kier molecular flexibility index (Phi) is 4.90. The summed E-state index contributed by atoms with van der Waals surface area (Å²) in [4.78, 5) is 12.2. The Bertz CT molecular complexity index is 644. The third-order valence-electron chi connectivity index (χ3n) is 3.14. The molecule has 0 saturated heterocycles. The van der Waals surface area contributed by atoms with Crippen molar-refractivity contribution in [3.63, 3.8) is 0 Å². The lowest BCUT2D eigenvalue weighted by molar-refractivity contribution is 0.102. The number of amides is 1. The summed E-state index contributed by atoms with van der Waals surface area (Å²) in [6.45, 7) is 0.551. The van der Waals surface area contributed by atoms with E-state index in [1.54, 1.807) is 13.2 Å². The van der Waals surface area contributed by atoms with Crippen molar-refractivity contribution in [3.05, 3.63) is 59.4 Å². The normalized spacial score (nSPS) is 10.4. The minimum Gasteiger partial charge on any atom is -0.396 e. The molecule has 3 N–H and O–H groups in total. The maximum absolute atomic E-state index is 13.4. The van der Waals surface area contributed by atoms with Crippen LogP contribution in [0.25, 0.3) is 0 Å². The van der Waals surface area contributed by atoms with Gasteiger partial charge < -0.3 is 15.8 Å². The average Bonchev–Trinajstić information content (AvgIpc) is 2.49. The highest BCUT2D eigenvalue weighted by molar-refractivity contribution is 6.08. The van der Waals surface area contributed by atoms with Crippen LogP contribution < -0.4 is 11.1 Å². The van der Waals surface area contributed by atoms with Gasteiger partial charge in [-0.3, -0.25) is 4.79 Å². The third kappa shape index (κ3) is 3.58. The van der Waals surface area contributed by atoms with Crippen LogP contribution in [0.3, 0.4) is 0 Å². The van der Waals surface area contributed by atoms with Crippen molar-refractivity contribution in [2.24, 2.45) is 0 Å². The number of methoxy groups -OCH3 is 1. The molecular weight excluding hydrogens is 271 g/mol. The smallest absolute Gasteiger partial charge is 0.257 e. The van der Waals surface area contributed by atoms with Gasteiger partial charge in [-0.1, -0.05) is 24.3 Å². The fourth-order valence-corrected chi connectivity index (χ4v) is 2.00. The monoisotopic (exact) mass is 288 g/mol. The molecule has 0 fully saturated rings. The van der Waals surface area contributed by atoms with Crippen LogP contribution in [0, 0.1) is 5.82 Å². The zero-order chi connectivity index (χ0) is 15.2. The van der Waals surface area contributed by atoms with Gasteiger partial charge in [-0.15, -0.1) is 0 Å². The first-order valence-electron chi connectivity index (χ1n) is 6.55. The quantitative estimate of drug-likeness (QED) is 0.831. The van der Waals surface area contributed by atoms with E-state index >= 15 is 0 Å².